The highest BCUT2D eigenvalue weighted by atomic mass is 16.3. The van der Waals surface area contributed by atoms with Crippen molar-refractivity contribution in [3.8, 4) is 0 Å². The van der Waals surface area contributed by atoms with Crippen molar-refractivity contribution in [1.82, 2.24) is 4.98 Å². The number of amides is 1. The number of fused-ring (bicyclic) bond motifs is 1. The highest BCUT2D eigenvalue weighted by Gasteiger charge is 2.11. The van der Waals surface area contributed by atoms with Gasteiger partial charge in [-0.2, -0.15) is 0 Å². The van der Waals surface area contributed by atoms with Crippen LogP contribution in [0.25, 0.3) is 11.1 Å². The number of nitrogens with one attached hydrogen (secondary N) is 1. The van der Waals surface area contributed by atoms with E-state index in [0.717, 1.165) is 0 Å². The predicted molar refractivity (Wildman–Crippen MR) is 82.0 cm³/mol. The second-order valence-electron chi connectivity index (χ2n) is 4.72. The van der Waals surface area contributed by atoms with E-state index in [4.69, 9.17) is 15.9 Å². The van der Waals surface area contributed by atoms with E-state index in [0.29, 0.717) is 39.6 Å². The minimum Gasteiger partial charge on any atom is -0.441 e. The zero-order chi connectivity index (χ0) is 15.0. The Bertz CT molecular complexity index is 839. The van der Waals surface area contributed by atoms with Crippen molar-refractivity contribution in [1.29, 1.82) is 0 Å². The molecule has 6 heteroatoms. The summed E-state index contributed by atoms with van der Waals surface area (Å²) in [5.74, 6) is 0.281. The first-order valence-corrected chi connectivity index (χ1v) is 6.36. The molecular formula is C15H14N4O2. The van der Waals surface area contributed by atoms with E-state index in [9.17, 15) is 4.79 Å². The second-order valence-corrected chi connectivity index (χ2v) is 4.72. The van der Waals surface area contributed by atoms with Gasteiger partial charge in [0.05, 0.1) is 5.56 Å². The first kappa shape index (κ1) is 13.0. The Morgan fingerprint density at radius 1 is 1.19 bits per heavy atom. The zero-order valence-corrected chi connectivity index (χ0v) is 11.4. The van der Waals surface area contributed by atoms with Gasteiger partial charge in [-0.1, -0.05) is 0 Å². The summed E-state index contributed by atoms with van der Waals surface area (Å²) in [6.45, 7) is 1.77. The average molecular weight is 282 g/mol. The molecule has 1 amide bonds. The first-order valence-electron chi connectivity index (χ1n) is 6.36. The molecule has 0 atom stereocenters. The number of hydrogen-bond acceptors (Lipinski definition) is 5. The number of nitrogen functional groups attached to an aromatic ring is 2. The lowest BCUT2D eigenvalue weighted by Gasteiger charge is -2.08. The molecule has 21 heavy (non-hydrogen) atoms. The van der Waals surface area contributed by atoms with Crippen LogP contribution in [0, 0.1) is 6.92 Å². The Kier molecular flexibility index (Phi) is 2.98. The second kappa shape index (κ2) is 4.82. The number of hydrogen-bond donors (Lipinski definition) is 3. The van der Waals surface area contributed by atoms with E-state index in [2.05, 4.69) is 10.3 Å². The summed E-state index contributed by atoms with van der Waals surface area (Å²) in [7, 11) is 0. The van der Waals surface area contributed by atoms with Crippen LogP contribution >= 0.6 is 0 Å². The molecule has 0 fully saturated rings. The van der Waals surface area contributed by atoms with Gasteiger partial charge in [-0.15, -0.1) is 0 Å². The number of nitrogens with zero attached hydrogens (tertiary/aromatic N) is 1. The molecule has 0 spiro atoms. The Hall–Kier alpha value is -3.02. The fraction of sp³-hybridized carbons (Fsp3) is 0.0667. The third kappa shape index (κ3) is 2.51. The van der Waals surface area contributed by atoms with Crippen LogP contribution in [0.4, 0.5) is 17.1 Å². The monoisotopic (exact) mass is 282 g/mol. The van der Waals surface area contributed by atoms with Gasteiger partial charge in [-0.3, -0.25) is 4.79 Å². The molecule has 2 aromatic carbocycles. The number of carbonyl (C=O) groups excluding carboxylic acids is 1. The fourth-order valence-electron chi connectivity index (χ4n) is 2.11. The number of benzene rings is 2. The third-order valence-electron chi connectivity index (χ3n) is 3.07. The SMILES string of the molecule is Cc1nc2cc(NC(=O)c3ccc(N)cc3N)ccc2o1. The Morgan fingerprint density at radius 2 is 2.00 bits per heavy atom. The van der Waals surface area contributed by atoms with Gasteiger partial charge in [0.2, 0.25) is 0 Å². The molecule has 5 N–H and O–H groups in total. The molecule has 3 rings (SSSR count). The minimum absolute atomic E-state index is 0.299. The summed E-state index contributed by atoms with van der Waals surface area (Å²) in [6, 6.07) is 10.0. The first-order chi connectivity index (χ1) is 10.0. The van der Waals surface area contributed by atoms with E-state index in [1.54, 1.807) is 43.3 Å². The number of anilines is 3. The van der Waals surface area contributed by atoms with E-state index in [1.807, 2.05) is 0 Å². The molecule has 0 saturated carbocycles. The van der Waals surface area contributed by atoms with Crippen LogP contribution in [0.3, 0.4) is 0 Å². The summed E-state index contributed by atoms with van der Waals surface area (Å²) in [4.78, 5) is 16.4. The molecule has 0 aliphatic heterocycles. The van der Waals surface area contributed by atoms with E-state index in [-0.39, 0.29) is 5.91 Å². The predicted octanol–water partition coefficient (Wildman–Crippen LogP) is 2.55. The maximum atomic E-state index is 12.2. The number of nitrogens with two attached hydrogens (primary N) is 2. The maximum Gasteiger partial charge on any atom is 0.257 e. The van der Waals surface area contributed by atoms with E-state index >= 15 is 0 Å². The lowest BCUT2D eigenvalue weighted by Crippen LogP contribution is -2.14. The average Bonchev–Trinajstić information content (AvgIpc) is 2.77. The number of aromatic nitrogens is 1. The van der Waals surface area contributed by atoms with Crippen molar-refractivity contribution in [3.05, 3.63) is 47.9 Å². The van der Waals surface area contributed by atoms with Crippen LogP contribution in [0.2, 0.25) is 0 Å². The molecule has 106 valence electrons. The van der Waals surface area contributed by atoms with Gasteiger partial charge in [-0.05, 0) is 36.4 Å². The van der Waals surface area contributed by atoms with Crippen molar-refractivity contribution in [2.24, 2.45) is 0 Å². The topological polar surface area (TPSA) is 107 Å². The number of rotatable bonds is 2. The van der Waals surface area contributed by atoms with Crippen molar-refractivity contribution in [2.45, 2.75) is 6.92 Å². The largest absolute Gasteiger partial charge is 0.441 e. The Morgan fingerprint density at radius 3 is 2.76 bits per heavy atom. The van der Waals surface area contributed by atoms with Crippen molar-refractivity contribution >= 4 is 34.1 Å². The number of aryl methyl sites for hydroxylation is 1. The minimum atomic E-state index is -0.299. The van der Waals surface area contributed by atoms with Gasteiger partial charge in [-0.25, -0.2) is 4.98 Å². The van der Waals surface area contributed by atoms with Gasteiger partial charge in [0, 0.05) is 24.0 Å². The number of carbonyl (C=O) groups is 1. The molecule has 3 aromatic rings. The van der Waals surface area contributed by atoms with Crippen LogP contribution in [0.5, 0.6) is 0 Å². The summed E-state index contributed by atoms with van der Waals surface area (Å²) in [5.41, 5.74) is 14.6. The van der Waals surface area contributed by atoms with Gasteiger partial charge in [0.1, 0.15) is 5.52 Å². The maximum absolute atomic E-state index is 12.2. The molecule has 0 bridgehead atoms. The molecule has 1 aromatic heterocycles. The zero-order valence-electron chi connectivity index (χ0n) is 11.4. The molecule has 0 radical (unpaired) electrons. The molecule has 0 saturated heterocycles. The molecule has 0 unspecified atom stereocenters. The standard InChI is InChI=1S/C15H14N4O2/c1-8-18-13-7-10(3-5-14(13)21-8)19-15(20)11-4-2-9(16)6-12(11)17/h2-7H,16-17H2,1H3,(H,19,20). The molecule has 6 nitrogen and oxygen atoms in total. The Balaban J connectivity index is 1.88. The van der Waals surface area contributed by atoms with Crippen LogP contribution in [-0.2, 0) is 0 Å². The molecule has 0 aliphatic carbocycles. The Labute approximate surface area is 120 Å². The number of oxazole rings is 1. The van der Waals surface area contributed by atoms with E-state index < -0.39 is 0 Å². The lowest BCUT2D eigenvalue weighted by atomic mass is 10.1. The van der Waals surface area contributed by atoms with Gasteiger partial charge in [0.25, 0.3) is 5.91 Å². The van der Waals surface area contributed by atoms with E-state index in [1.165, 1.54) is 0 Å². The quantitative estimate of drug-likeness (QED) is 0.626. The molecule has 0 aliphatic rings. The van der Waals surface area contributed by atoms with Gasteiger partial charge >= 0.3 is 0 Å². The lowest BCUT2D eigenvalue weighted by molar-refractivity contribution is 0.102. The highest BCUT2D eigenvalue weighted by molar-refractivity contribution is 6.08. The van der Waals surface area contributed by atoms with Crippen LogP contribution < -0.4 is 16.8 Å². The fourth-order valence-corrected chi connectivity index (χ4v) is 2.11. The van der Waals surface area contributed by atoms with Crippen molar-refractivity contribution in [3.63, 3.8) is 0 Å². The summed E-state index contributed by atoms with van der Waals surface area (Å²) in [5, 5.41) is 2.78. The van der Waals surface area contributed by atoms with Crippen LogP contribution in [0.15, 0.2) is 40.8 Å². The smallest absolute Gasteiger partial charge is 0.257 e. The van der Waals surface area contributed by atoms with Gasteiger partial charge in [0.15, 0.2) is 11.5 Å². The highest BCUT2D eigenvalue weighted by Crippen LogP contribution is 2.21. The third-order valence-corrected chi connectivity index (χ3v) is 3.07. The summed E-state index contributed by atoms with van der Waals surface area (Å²) >= 11 is 0. The molecular weight excluding hydrogens is 268 g/mol. The normalized spacial score (nSPS) is 10.7. The van der Waals surface area contributed by atoms with Crippen molar-refractivity contribution < 1.29 is 9.21 Å². The van der Waals surface area contributed by atoms with Crippen LogP contribution in [-0.4, -0.2) is 10.9 Å². The van der Waals surface area contributed by atoms with Gasteiger partial charge < -0.3 is 21.2 Å². The summed E-state index contributed by atoms with van der Waals surface area (Å²) in [6.07, 6.45) is 0. The molecule has 1 heterocycles. The van der Waals surface area contributed by atoms with Crippen LogP contribution in [0.1, 0.15) is 16.2 Å². The summed E-state index contributed by atoms with van der Waals surface area (Å²) < 4.78 is 5.39. The van der Waals surface area contributed by atoms with Crippen molar-refractivity contribution in [2.75, 3.05) is 16.8 Å².